The van der Waals surface area contributed by atoms with Crippen molar-refractivity contribution in [3.05, 3.63) is 69.4 Å². The lowest BCUT2D eigenvalue weighted by Crippen LogP contribution is -2.72. The van der Waals surface area contributed by atoms with Gasteiger partial charge in [-0.1, -0.05) is 48.3 Å². The third-order valence-electron chi connectivity index (χ3n) is 11.9. The second-order valence-electron chi connectivity index (χ2n) is 16.9. The second kappa shape index (κ2) is 14.4. The van der Waals surface area contributed by atoms with Crippen LogP contribution in [0.25, 0.3) is 6.08 Å². The Morgan fingerprint density at radius 1 is 0.962 bits per heavy atom. The Labute approximate surface area is 314 Å². The summed E-state index contributed by atoms with van der Waals surface area (Å²) >= 11 is 0. The molecule has 286 valence electrons. The average Bonchev–Trinajstić information content (AvgIpc) is 3.24. The molecular formula is C44H57NO8. The van der Waals surface area contributed by atoms with E-state index in [0.29, 0.717) is 53.8 Å². The monoisotopic (exact) mass is 727 g/mol. The van der Waals surface area contributed by atoms with Crippen LogP contribution < -0.4 is 14.8 Å². The number of carbonyl (C=O) groups is 3. The van der Waals surface area contributed by atoms with Gasteiger partial charge < -0.3 is 29.7 Å². The minimum absolute atomic E-state index is 0.0415. The van der Waals surface area contributed by atoms with Crippen molar-refractivity contribution in [2.45, 2.75) is 136 Å². The highest BCUT2D eigenvalue weighted by Gasteiger charge is 2.81. The summed E-state index contributed by atoms with van der Waals surface area (Å²) in [5, 5.41) is 23.9. The van der Waals surface area contributed by atoms with Crippen molar-refractivity contribution in [3.63, 3.8) is 0 Å². The lowest BCUT2D eigenvalue weighted by atomic mass is 9.51. The van der Waals surface area contributed by atoms with Crippen molar-refractivity contribution in [3.8, 4) is 17.2 Å². The van der Waals surface area contributed by atoms with Gasteiger partial charge in [0.05, 0.1) is 11.2 Å². The minimum atomic E-state index is -1.58. The smallest absolute Gasteiger partial charge is 0.246 e. The van der Waals surface area contributed by atoms with Gasteiger partial charge in [0.25, 0.3) is 0 Å². The molecule has 7 rings (SSSR count). The molecule has 1 saturated heterocycles. The van der Waals surface area contributed by atoms with E-state index in [1.165, 1.54) is 5.57 Å². The number of benzene rings is 1. The fourth-order valence-electron chi connectivity index (χ4n) is 9.11. The Hall–Kier alpha value is -3.95. The summed E-state index contributed by atoms with van der Waals surface area (Å²) in [6.45, 7) is 16.4. The van der Waals surface area contributed by atoms with Crippen LogP contribution in [0.2, 0.25) is 0 Å². The molecular weight excluding hydrogens is 670 g/mol. The van der Waals surface area contributed by atoms with Crippen molar-refractivity contribution < 1.29 is 38.8 Å². The number of fused-ring (bicyclic) bond motifs is 2. The maximum absolute atomic E-state index is 14.9. The number of hydrogen-bond donors (Lipinski definition) is 3. The Kier molecular flexibility index (Phi) is 10.5. The van der Waals surface area contributed by atoms with E-state index < -0.39 is 28.3 Å². The number of aliphatic hydroxyl groups is 1. The molecule has 9 nitrogen and oxygen atoms in total. The number of Topliss-reactive ketones (excluding diaryl/α,β-unsaturated/α-hetero) is 2. The molecule has 3 aliphatic carbocycles. The number of allylic oxidation sites excluding steroid dienone is 5. The molecule has 1 amide bonds. The highest BCUT2D eigenvalue weighted by atomic mass is 16.6. The highest BCUT2D eigenvalue weighted by molar-refractivity contribution is 6.19. The minimum Gasteiger partial charge on any atom is -0.506 e. The standard InChI is InChI=1S/C44H57NO8/c1-26(2)14-13-19-42(8)20-18-30-35(47)34-36(48)32-24-29-25-33-41(6,7)53-43(39(29)49,21-17-28(5)40(50)45-22-11-9-10-12-23-46)44(32,33)52-38(34)31(37(30)51-42)16-15-27(3)4/h14-15,17-18,20,24,29,33,46-47H,9-13,16,19,21-23,25H2,1-8H3,(H,45,50)/b28-17-. The van der Waals surface area contributed by atoms with Gasteiger partial charge in [0.1, 0.15) is 28.4 Å². The van der Waals surface area contributed by atoms with Crippen LogP contribution in [0.5, 0.6) is 17.2 Å². The molecule has 5 unspecified atom stereocenters. The van der Waals surface area contributed by atoms with E-state index in [1.54, 1.807) is 19.1 Å². The summed E-state index contributed by atoms with van der Waals surface area (Å²) in [6, 6.07) is 0. The number of nitrogens with one attached hydrogen (secondary N) is 1. The molecule has 1 aromatic rings. The zero-order chi connectivity index (χ0) is 38.5. The molecule has 0 aromatic heterocycles. The van der Waals surface area contributed by atoms with Crippen LogP contribution in [0.3, 0.4) is 0 Å². The zero-order valence-electron chi connectivity index (χ0n) is 32.7. The molecule has 3 N–H and O–H groups in total. The normalized spacial score (nSPS) is 28.6. The number of amides is 1. The molecule has 5 atom stereocenters. The van der Waals surface area contributed by atoms with Crippen LogP contribution in [0, 0.1) is 11.8 Å². The van der Waals surface area contributed by atoms with Gasteiger partial charge in [0.2, 0.25) is 5.91 Å². The molecule has 1 spiro atoms. The van der Waals surface area contributed by atoms with Gasteiger partial charge in [0, 0.05) is 48.1 Å². The molecule has 4 bridgehead atoms. The predicted molar refractivity (Wildman–Crippen MR) is 205 cm³/mol. The number of aromatic hydroxyl groups is 1. The van der Waals surface area contributed by atoms with E-state index in [9.17, 15) is 19.5 Å². The summed E-state index contributed by atoms with van der Waals surface area (Å²) in [7, 11) is 0. The summed E-state index contributed by atoms with van der Waals surface area (Å²) in [5.41, 5.74) is -0.337. The molecule has 53 heavy (non-hydrogen) atoms. The fraction of sp³-hybridized carbons (Fsp3) is 0.568. The quantitative estimate of drug-likeness (QED) is 0.100. The first-order chi connectivity index (χ1) is 25.0. The Morgan fingerprint density at radius 3 is 2.38 bits per heavy atom. The summed E-state index contributed by atoms with van der Waals surface area (Å²) in [5.74, 6) is -1.19. The molecule has 3 heterocycles. The number of aliphatic hydroxyl groups excluding tert-OH is 1. The van der Waals surface area contributed by atoms with Crippen molar-refractivity contribution in [2.75, 3.05) is 13.2 Å². The molecule has 1 saturated carbocycles. The third kappa shape index (κ3) is 6.52. The number of hydrogen-bond acceptors (Lipinski definition) is 8. The van der Waals surface area contributed by atoms with Gasteiger partial charge in [-0.05, 0) is 106 Å². The van der Waals surface area contributed by atoms with E-state index in [1.807, 2.05) is 46.8 Å². The van der Waals surface area contributed by atoms with E-state index in [2.05, 4.69) is 31.3 Å². The second-order valence-corrected chi connectivity index (χ2v) is 16.9. The summed E-state index contributed by atoms with van der Waals surface area (Å²) in [6.07, 6.45) is 17.3. The Morgan fingerprint density at radius 2 is 1.68 bits per heavy atom. The van der Waals surface area contributed by atoms with Gasteiger partial charge in [-0.25, -0.2) is 0 Å². The SMILES string of the molecule is CC(C)=CCCC1(C)C=Cc2c(O)c3c(c(CC=C(C)C)c2O1)OC12C(=CC4CC1C(C)(C)OC2(C/C=C(/C)C(=O)NCCCCCCO)C4=O)C3=O. The lowest BCUT2D eigenvalue weighted by molar-refractivity contribution is -0.171. The number of phenolic OH excluding ortho intramolecular Hbond substituents is 1. The van der Waals surface area contributed by atoms with Gasteiger partial charge in [-0.2, -0.15) is 0 Å². The summed E-state index contributed by atoms with van der Waals surface area (Å²) < 4.78 is 21.0. The number of unbranched alkanes of at least 4 members (excludes halogenated alkanes) is 3. The Balaban J connectivity index is 1.44. The maximum Gasteiger partial charge on any atom is 0.246 e. The van der Waals surface area contributed by atoms with Crippen LogP contribution in [0.15, 0.2) is 52.7 Å². The molecule has 9 heteroatoms. The van der Waals surface area contributed by atoms with E-state index >= 15 is 0 Å². The fourth-order valence-corrected chi connectivity index (χ4v) is 9.11. The van der Waals surface area contributed by atoms with Crippen LogP contribution in [-0.4, -0.2) is 63.2 Å². The highest BCUT2D eigenvalue weighted by Crippen LogP contribution is 2.68. The van der Waals surface area contributed by atoms with E-state index in [0.717, 1.165) is 37.7 Å². The van der Waals surface area contributed by atoms with Gasteiger partial charge in [0.15, 0.2) is 22.8 Å². The van der Waals surface area contributed by atoms with Crippen molar-refractivity contribution in [1.82, 2.24) is 5.32 Å². The van der Waals surface area contributed by atoms with Crippen LogP contribution in [0.4, 0.5) is 0 Å². The predicted octanol–water partition coefficient (Wildman–Crippen LogP) is 7.82. The van der Waals surface area contributed by atoms with Crippen LogP contribution >= 0.6 is 0 Å². The maximum atomic E-state index is 14.9. The first-order valence-corrected chi connectivity index (χ1v) is 19.3. The molecule has 2 fully saturated rings. The number of ketones is 2. The lowest BCUT2D eigenvalue weighted by Gasteiger charge is -2.56. The van der Waals surface area contributed by atoms with Crippen LogP contribution in [0.1, 0.15) is 128 Å². The molecule has 6 aliphatic rings. The average molecular weight is 728 g/mol. The zero-order valence-corrected chi connectivity index (χ0v) is 32.7. The Bertz CT molecular complexity index is 1850. The third-order valence-corrected chi connectivity index (χ3v) is 11.9. The number of rotatable bonds is 14. The topological polar surface area (TPSA) is 131 Å². The first-order valence-electron chi connectivity index (χ1n) is 19.3. The van der Waals surface area contributed by atoms with Crippen molar-refractivity contribution >= 4 is 23.5 Å². The molecule has 3 aliphatic heterocycles. The molecule has 0 radical (unpaired) electrons. The van der Waals surface area contributed by atoms with Gasteiger partial charge in [-0.3, -0.25) is 14.4 Å². The number of carbonyl (C=O) groups excluding carboxylic acids is 3. The first kappa shape index (κ1) is 38.8. The van der Waals surface area contributed by atoms with E-state index in [-0.39, 0.29) is 53.5 Å². The number of phenols is 1. The number of ether oxygens (including phenoxy) is 3. The summed E-state index contributed by atoms with van der Waals surface area (Å²) in [4.78, 5) is 42.7. The largest absolute Gasteiger partial charge is 0.506 e. The van der Waals surface area contributed by atoms with Crippen molar-refractivity contribution in [2.24, 2.45) is 11.8 Å². The van der Waals surface area contributed by atoms with Crippen LogP contribution in [-0.2, 0) is 20.7 Å². The van der Waals surface area contributed by atoms with Gasteiger partial charge in [-0.15, -0.1) is 0 Å². The van der Waals surface area contributed by atoms with E-state index in [4.69, 9.17) is 19.3 Å². The van der Waals surface area contributed by atoms with Crippen molar-refractivity contribution in [1.29, 1.82) is 0 Å². The van der Waals surface area contributed by atoms with Gasteiger partial charge >= 0.3 is 0 Å². The molecule has 1 aromatic carbocycles.